The first-order valence-corrected chi connectivity index (χ1v) is 6.40. The fourth-order valence-electron chi connectivity index (χ4n) is 2.21. The number of amides is 1. The van der Waals surface area contributed by atoms with Crippen molar-refractivity contribution in [3.05, 3.63) is 30.0 Å². The molecule has 0 unspecified atom stereocenters. The molecule has 1 amide bonds. The van der Waals surface area contributed by atoms with Crippen LogP contribution < -0.4 is 16.2 Å². The highest BCUT2D eigenvalue weighted by atomic mass is 16.5. The van der Waals surface area contributed by atoms with Crippen LogP contribution in [-0.2, 0) is 4.74 Å². The van der Waals surface area contributed by atoms with Crippen LogP contribution in [0.25, 0.3) is 11.0 Å². The van der Waals surface area contributed by atoms with Crippen LogP contribution in [-0.4, -0.2) is 42.2 Å². The topological polar surface area (TPSA) is 93.4 Å². The number of hydrogen-bond acceptors (Lipinski definition) is 6. The van der Waals surface area contributed by atoms with E-state index in [1.54, 1.807) is 0 Å². The van der Waals surface area contributed by atoms with Gasteiger partial charge in [0.05, 0.1) is 24.2 Å². The molecule has 0 atom stereocenters. The van der Waals surface area contributed by atoms with Crippen LogP contribution in [0.1, 0.15) is 10.5 Å². The van der Waals surface area contributed by atoms with Gasteiger partial charge in [0.2, 0.25) is 0 Å². The van der Waals surface area contributed by atoms with E-state index in [1.165, 1.54) is 0 Å². The first-order valence-electron chi connectivity index (χ1n) is 6.40. The van der Waals surface area contributed by atoms with Gasteiger partial charge in [-0.1, -0.05) is 12.1 Å². The highest BCUT2D eigenvalue weighted by Gasteiger charge is 2.22. The molecule has 0 spiro atoms. The molecule has 2 aromatic rings. The lowest BCUT2D eigenvalue weighted by Crippen LogP contribution is -2.39. The van der Waals surface area contributed by atoms with Gasteiger partial charge in [0.1, 0.15) is 0 Å². The maximum Gasteiger partial charge on any atom is 0.287 e. The number of benzene rings is 1. The molecule has 1 aromatic carbocycles. The number of anilines is 1. The number of para-hydroxylation sites is 2. The molecule has 1 fully saturated rings. The summed E-state index contributed by atoms with van der Waals surface area (Å²) >= 11 is 0. The molecular weight excluding hydrogens is 258 g/mol. The summed E-state index contributed by atoms with van der Waals surface area (Å²) in [5.74, 6) is 5.35. The minimum atomic E-state index is -0.440. The van der Waals surface area contributed by atoms with E-state index in [9.17, 15) is 4.79 Å². The monoisotopic (exact) mass is 273 g/mol. The number of morpholine rings is 1. The summed E-state index contributed by atoms with van der Waals surface area (Å²) in [6.07, 6.45) is 0. The summed E-state index contributed by atoms with van der Waals surface area (Å²) in [6, 6.07) is 7.44. The van der Waals surface area contributed by atoms with E-state index >= 15 is 0 Å². The first kappa shape index (κ1) is 12.8. The Morgan fingerprint density at radius 2 is 1.85 bits per heavy atom. The first-order chi connectivity index (χ1) is 9.79. The second-order valence-corrected chi connectivity index (χ2v) is 4.46. The van der Waals surface area contributed by atoms with Crippen molar-refractivity contribution >= 4 is 22.8 Å². The predicted molar refractivity (Wildman–Crippen MR) is 74.2 cm³/mol. The standard InChI is InChI=1S/C13H15N5O2/c14-17-13(19)11-12(18-5-7-20-8-6-18)16-10-4-2-1-3-9(10)15-11/h1-4H,5-8,14H2,(H,17,19). The van der Waals surface area contributed by atoms with Crippen molar-refractivity contribution in [3.63, 3.8) is 0 Å². The quantitative estimate of drug-likeness (QED) is 0.457. The number of nitrogens with two attached hydrogens (primary N) is 1. The minimum absolute atomic E-state index is 0.244. The molecule has 20 heavy (non-hydrogen) atoms. The Morgan fingerprint density at radius 3 is 2.50 bits per heavy atom. The molecular formula is C13H15N5O2. The van der Waals surface area contributed by atoms with Crippen LogP contribution in [0.5, 0.6) is 0 Å². The molecule has 0 aliphatic carbocycles. The Bertz CT molecular complexity index is 640. The third kappa shape index (κ3) is 2.28. The number of hydrogen-bond donors (Lipinski definition) is 2. The highest BCUT2D eigenvalue weighted by Crippen LogP contribution is 2.21. The van der Waals surface area contributed by atoms with Crippen LogP contribution in [0.3, 0.4) is 0 Å². The van der Waals surface area contributed by atoms with E-state index in [0.29, 0.717) is 37.6 Å². The van der Waals surface area contributed by atoms with Gasteiger partial charge in [-0.15, -0.1) is 0 Å². The summed E-state index contributed by atoms with van der Waals surface area (Å²) in [7, 11) is 0. The number of nitrogen functional groups attached to an aromatic ring is 1. The third-order valence-corrected chi connectivity index (χ3v) is 3.21. The molecule has 1 aromatic heterocycles. The Kier molecular flexibility index (Phi) is 3.44. The van der Waals surface area contributed by atoms with Crippen molar-refractivity contribution in [2.24, 2.45) is 5.84 Å². The number of aromatic nitrogens is 2. The summed E-state index contributed by atoms with van der Waals surface area (Å²) in [5, 5.41) is 0. The smallest absolute Gasteiger partial charge is 0.287 e. The lowest BCUT2D eigenvalue weighted by atomic mass is 10.2. The van der Waals surface area contributed by atoms with Gasteiger partial charge in [-0.05, 0) is 12.1 Å². The van der Waals surface area contributed by atoms with E-state index in [0.717, 1.165) is 5.52 Å². The van der Waals surface area contributed by atoms with Crippen molar-refractivity contribution < 1.29 is 9.53 Å². The Labute approximate surface area is 115 Å². The van der Waals surface area contributed by atoms with Crippen LogP contribution in [0.4, 0.5) is 5.82 Å². The molecule has 3 N–H and O–H groups in total. The average Bonchev–Trinajstić information content (AvgIpc) is 2.53. The van der Waals surface area contributed by atoms with Crippen LogP contribution >= 0.6 is 0 Å². The number of nitrogens with one attached hydrogen (secondary N) is 1. The molecule has 2 heterocycles. The van der Waals surface area contributed by atoms with E-state index < -0.39 is 5.91 Å². The van der Waals surface area contributed by atoms with Gasteiger partial charge in [-0.3, -0.25) is 10.2 Å². The van der Waals surface area contributed by atoms with Crippen LogP contribution in [0.2, 0.25) is 0 Å². The Hall–Kier alpha value is -2.25. The van der Waals surface area contributed by atoms with Crippen molar-refractivity contribution in [1.29, 1.82) is 0 Å². The fourth-order valence-corrected chi connectivity index (χ4v) is 2.21. The Morgan fingerprint density at radius 1 is 1.20 bits per heavy atom. The van der Waals surface area contributed by atoms with Crippen molar-refractivity contribution in [2.75, 3.05) is 31.2 Å². The largest absolute Gasteiger partial charge is 0.378 e. The van der Waals surface area contributed by atoms with Crippen molar-refractivity contribution in [2.45, 2.75) is 0 Å². The lowest BCUT2D eigenvalue weighted by Gasteiger charge is -2.28. The number of carbonyl (C=O) groups excluding carboxylic acids is 1. The van der Waals surface area contributed by atoms with E-state index in [2.05, 4.69) is 15.4 Å². The SMILES string of the molecule is NNC(=O)c1nc2ccccc2nc1N1CCOCC1. The second-order valence-electron chi connectivity index (χ2n) is 4.46. The van der Waals surface area contributed by atoms with Gasteiger partial charge in [0, 0.05) is 13.1 Å². The number of nitrogens with zero attached hydrogens (tertiary/aromatic N) is 3. The molecule has 0 radical (unpaired) electrons. The molecule has 0 saturated carbocycles. The number of hydrazine groups is 1. The number of fused-ring (bicyclic) bond motifs is 1. The average molecular weight is 273 g/mol. The summed E-state index contributed by atoms with van der Waals surface area (Å²) in [6.45, 7) is 2.58. The molecule has 1 aliphatic heterocycles. The molecule has 104 valence electrons. The van der Waals surface area contributed by atoms with Gasteiger partial charge in [0.15, 0.2) is 11.5 Å². The predicted octanol–water partition coefficient (Wildman–Crippen LogP) is 0.0699. The molecule has 1 saturated heterocycles. The lowest BCUT2D eigenvalue weighted by molar-refractivity contribution is 0.0947. The van der Waals surface area contributed by atoms with Gasteiger partial charge in [0.25, 0.3) is 5.91 Å². The summed E-state index contributed by atoms with van der Waals surface area (Å²) < 4.78 is 5.32. The maximum atomic E-state index is 11.9. The summed E-state index contributed by atoms with van der Waals surface area (Å²) in [5.41, 5.74) is 3.79. The van der Waals surface area contributed by atoms with Gasteiger partial charge in [-0.25, -0.2) is 15.8 Å². The van der Waals surface area contributed by atoms with Crippen molar-refractivity contribution in [3.8, 4) is 0 Å². The second kappa shape index (κ2) is 5.40. The zero-order valence-corrected chi connectivity index (χ0v) is 10.9. The third-order valence-electron chi connectivity index (χ3n) is 3.21. The zero-order valence-electron chi connectivity index (χ0n) is 10.9. The van der Waals surface area contributed by atoms with E-state index in [1.807, 2.05) is 29.2 Å². The van der Waals surface area contributed by atoms with E-state index in [4.69, 9.17) is 10.6 Å². The number of carbonyl (C=O) groups is 1. The fraction of sp³-hybridized carbons (Fsp3) is 0.308. The van der Waals surface area contributed by atoms with Crippen LogP contribution in [0, 0.1) is 0 Å². The number of rotatable bonds is 2. The summed E-state index contributed by atoms with van der Waals surface area (Å²) in [4.78, 5) is 22.9. The van der Waals surface area contributed by atoms with Gasteiger partial charge >= 0.3 is 0 Å². The highest BCUT2D eigenvalue weighted by molar-refractivity contribution is 5.98. The molecule has 0 bridgehead atoms. The van der Waals surface area contributed by atoms with Gasteiger partial charge < -0.3 is 9.64 Å². The minimum Gasteiger partial charge on any atom is -0.378 e. The van der Waals surface area contributed by atoms with E-state index in [-0.39, 0.29) is 5.69 Å². The number of ether oxygens (including phenoxy) is 1. The Balaban J connectivity index is 2.13. The van der Waals surface area contributed by atoms with Crippen LogP contribution in [0.15, 0.2) is 24.3 Å². The normalized spacial score (nSPS) is 15.3. The van der Waals surface area contributed by atoms with Gasteiger partial charge in [-0.2, -0.15) is 0 Å². The zero-order chi connectivity index (χ0) is 13.9. The molecule has 1 aliphatic rings. The molecule has 7 nitrogen and oxygen atoms in total. The van der Waals surface area contributed by atoms with Crippen molar-refractivity contribution in [1.82, 2.24) is 15.4 Å². The molecule has 3 rings (SSSR count). The molecule has 7 heteroatoms. The maximum absolute atomic E-state index is 11.9.